The Hall–Kier alpha value is -4.26. The third-order valence-electron chi connectivity index (χ3n) is 4.91. The first-order valence-electron chi connectivity index (χ1n) is 9.71. The van der Waals surface area contributed by atoms with Crippen LogP contribution < -0.4 is 5.32 Å². The summed E-state index contributed by atoms with van der Waals surface area (Å²) in [7, 11) is 0. The number of hydrogen-bond acceptors (Lipinski definition) is 5. The summed E-state index contributed by atoms with van der Waals surface area (Å²) in [6.07, 6.45) is 4.09. The first-order valence-corrected chi connectivity index (χ1v) is 9.71. The number of carboxylic acid groups (broad SMARTS) is 1. The maximum atomic E-state index is 12.8. The molecule has 0 radical (unpaired) electrons. The molecular formula is C24H19N3O4. The number of carboxylic acids is 1. The van der Waals surface area contributed by atoms with Gasteiger partial charge in [0.05, 0.1) is 11.1 Å². The van der Waals surface area contributed by atoms with E-state index in [4.69, 9.17) is 4.52 Å². The van der Waals surface area contributed by atoms with Gasteiger partial charge in [0.1, 0.15) is 5.69 Å². The molecule has 7 nitrogen and oxygen atoms in total. The lowest BCUT2D eigenvalue weighted by atomic mass is 9.97. The maximum Gasteiger partial charge on any atom is 0.336 e. The van der Waals surface area contributed by atoms with E-state index in [1.807, 2.05) is 19.1 Å². The van der Waals surface area contributed by atoms with E-state index in [0.29, 0.717) is 27.9 Å². The normalized spacial score (nSPS) is 10.6. The predicted octanol–water partition coefficient (Wildman–Crippen LogP) is 4.92. The molecule has 31 heavy (non-hydrogen) atoms. The summed E-state index contributed by atoms with van der Waals surface area (Å²) in [5, 5.41) is 16.5. The summed E-state index contributed by atoms with van der Waals surface area (Å²) >= 11 is 0. The molecule has 4 aromatic rings. The van der Waals surface area contributed by atoms with E-state index in [1.54, 1.807) is 54.9 Å². The van der Waals surface area contributed by atoms with Crippen LogP contribution >= 0.6 is 0 Å². The molecule has 2 aromatic carbocycles. The van der Waals surface area contributed by atoms with Crippen LogP contribution in [0.1, 0.15) is 33.2 Å². The molecule has 2 heterocycles. The molecule has 0 aliphatic rings. The van der Waals surface area contributed by atoms with Crippen molar-refractivity contribution in [3.63, 3.8) is 0 Å². The molecule has 0 aliphatic carbocycles. The van der Waals surface area contributed by atoms with E-state index in [-0.39, 0.29) is 17.4 Å². The van der Waals surface area contributed by atoms with E-state index in [0.717, 1.165) is 12.0 Å². The van der Waals surface area contributed by atoms with Gasteiger partial charge >= 0.3 is 5.97 Å². The van der Waals surface area contributed by atoms with Gasteiger partial charge in [-0.15, -0.1) is 0 Å². The highest BCUT2D eigenvalue weighted by molar-refractivity contribution is 6.08. The third kappa shape index (κ3) is 4.06. The fraction of sp³-hybridized carbons (Fsp3) is 0.0833. The number of hydrogen-bond donors (Lipinski definition) is 2. The van der Waals surface area contributed by atoms with Gasteiger partial charge in [0.25, 0.3) is 5.91 Å². The lowest BCUT2D eigenvalue weighted by Gasteiger charge is -2.09. The number of amides is 1. The summed E-state index contributed by atoms with van der Waals surface area (Å²) < 4.78 is 5.47. The molecule has 0 unspecified atom stereocenters. The number of carbonyl (C=O) groups is 2. The second-order valence-electron chi connectivity index (χ2n) is 6.83. The van der Waals surface area contributed by atoms with E-state index >= 15 is 0 Å². The molecule has 4 rings (SSSR count). The topological polar surface area (TPSA) is 105 Å². The van der Waals surface area contributed by atoms with Crippen LogP contribution in [0.3, 0.4) is 0 Å². The zero-order valence-electron chi connectivity index (χ0n) is 16.7. The molecule has 2 aromatic heterocycles. The number of aryl methyl sites for hydroxylation is 1. The van der Waals surface area contributed by atoms with Crippen molar-refractivity contribution < 1.29 is 19.2 Å². The zero-order valence-corrected chi connectivity index (χ0v) is 16.7. The number of rotatable bonds is 6. The quantitative estimate of drug-likeness (QED) is 0.465. The first kappa shape index (κ1) is 20.0. The van der Waals surface area contributed by atoms with Crippen LogP contribution in [-0.2, 0) is 6.42 Å². The fourth-order valence-corrected chi connectivity index (χ4v) is 3.28. The lowest BCUT2D eigenvalue weighted by molar-refractivity contribution is 0.0697. The molecule has 7 heteroatoms. The number of nitrogens with one attached hydrogen (secondary N) is 1. The van der Waals surface area contributed by atoms with Crippen molar-refractivity contribution in [2.45, 2.75) is 13.3 Å². The number of aromatic nitrogens is 2. The van der Waals surface area contributed by atoms with Crippen molar-refractivity contribution in [3.05, 3.63) is 89.7 Å². The number of pyridine rings is 1. The molecule has 154 valence electrons. The number of nitrogens with zero attached hydrogens (tertiary/aromatic N) is 2. The highest BCUT2D eigenvalue weighted by atomic mass is 16.5. The molecule has 0 saturated carbocycles. The van der Waals surface area contributed by atoms with Crippen molar-refractivity contribution in [2.24, 2.45) is 0 Å². The fourth-order valence-electron chi connectivity index (χ4n) is 3.28. The van der Waals surface area contributed by atoms with Crippen molar-refractivity contribution in [2.75, 3.05) is 5.32 Å². The first-order chi connectivity index (χ1) is 15.1. The Morgan fingerprint density at radius 3 is 2.48 bits per heavy atom. The molecule has 2 N–H and O–H groups in total. The largest absolute Gasteiger partial charge is 0.478 e. The van der Waals surface area contributed by atoms with Gasteiger partial charge in [-0.3, -0.25) is 15.1 Å². The second kappa shape index (κ2) is 8.62. The van der Waals surface area contributed by atoms with Crippen LogP contribution in [0, 0.1) is 0 Å². The van der Waals surface area contributed by atoms with Gasteiger partial charge in [-0.25, -0.2) is 4.79 Å². The molecule has 0 saturated heterocycles. The third-order valence-corrected chi connectivity index (χ3v) is 4.91. The minimum Gasteiger partial charge on any atom is -0.478 e. The van der Waals surface area contributed by atoms with Crippen molar-refractivity contribution >= 4 is 17.8 Å². The molecule has 0 bridgehead atoms. The van der Waals surface area contributed by atoms with E-state index < -0.39 is 5.97 Å². The summed E-state index contributed by atoms with van der Waals surface area (Å²) in [5.41, 5.74) is 3.42. The average Bonchev–Trinajstić information content (AvgIpc) is 3.22. The SMILES string of the molecule is CCc1ccc(C(=O)Nc2onc(-c3cccnc3)c2-c2ccccc2C(=O)O)cc1. The van der Waals surface area contributed by atoms with Gasteiger partial charge in [0.2, 0.25) is 5.88 Å². The smallest absolute Gasteiger partial charge is 0.336 e. The van der Waals surface area contributed by atoms with Crippen molar-refractivity contribution in [1.82, 2.24) is 10.1 Å². The van der Waals surface area contributed by atoms with Crippen LogP contribution in [0.5, 0.6) is 0 Å². The van der Waals surface area contributed by atoms with Gasteiger partial charge in [-0.05, 0) is 42.3 Å². The minimum absolute atomic E-state index is 0.0668. The van der Waals surface area contributed by atoms with Gasteiger partial charge in [-0.2, -0.15) is 0 Å². The molecule has 0 spiro atoms. The van der Waals surface area contributed by atoms with Gasteiger partial charge in [0.15, 0.2) is 0 Å². The maximum absolute atomic E-state index is 12.8. The van der Waals surface area contributed by atoms with Gasteiger partial charge < -0.3 is 9.63 Å². The molecule has 0 aliphatic heterocycles. The predicted molar refractivity (Wildman–Crippen MR) is 116 cm³/mol. The Morgan fingerprint density at radius 2 is 1.81 bits per heavy atom. The van der Waals surface area contributed by atoms with Crippen LogP contribution in [0.15, 0.2) is 77.6 Å². The van der Waals surface area contributed by atoms with Crippen molar-refractivity contribution in [3.8, 4) is 22.4 Å². The molecular weight excluding hydrogens is 394 g/mol. The van der Waals surface area contributed by atoms with Gasteiger partial charge in [-0.1, -0.05) is 42.4 Å². The Labute approximate surface area is 178 Å². The summed E-state index contributed by atoms with van der Waals surface area (Å²) in [6.45, 7) is 2.04. The number of anilines is 1. The Kier molecular flexibility index (Phi) is 5.57. The van der Waals surface area contributed by atoms with Crippen LogP contribution in [-0.4, -0.2) is 27.1 Å². The molecule has 0 atom stereocenters. The minimum atomic E-state index is -1.10. The van der Waals surface area contributed by atoms with Crippen LogP contribution in [0.2, 0.25) is 0 Å². The average molecular weight is 413 g/mol. The van der Waals surface area contributed by atoms with Crippen LogP contribution in [0.25, 0.3) is 22.4 Å². The second-order valence-corrected chi connectivity index (χ2v) is 6.83. The lowest BCUT2D eigenvalue weighted by Crippen LogP contribution is -2.12. The zero-order chi connectivity index (χ0) is 21.8. The highest BCUT2D eigenvalue weighted by Gasteiger charge is 2.25. The number of carbonyl (C=O) groups excluding carboxylic acids is 1. The number of benzene rings is 2. The Balaban J connectivity index is 1.81. The summed E-state index contributed by atoms with van der Waals surface area (Å²) in [6, 6.07) is 17.3. The highest BCUT2D eigenvalue weighted by Crippen LogP contribution is 2.39. The monoisotopic (exact) mass is 413 g/mol. The van der Waals surface area contributed by atoms with E-state index in [1.165, 1.54) is 6.07 Å². The van der Waals surface area contributed by atoms with Crippen LogP contribution in [0.4, 0.5) is 5.88 Å². The molecule has 0 fully saturated rings. The van der Waals surface area contributed by atoms with Crippen molar-refractivity contribution in [1.29, 1.82) is 0 Å². The molecule has 1 amide bonds. The standard InChI is InChI=1S/C24H19N3O4/c1-2-15-9-11-16(12-10-15)22(28)26-23-20(18-7-3-4-8-19(18)24(29)30)21(27-31-23)17-6-5-13-25-14-17/h3-14H,2H2,1H3,(H,26,28)(H,29,30). The van der Waals surface area contributed by atoms with E-state index in [2.05, 4.69) is 15.5 Å². The Morgan fingerprint density at radius 1 is 1.03 bits per heavy atom. The summed E-state index contributed by atoms with van der Waals surface area (Å²) in [4.78, 5) is 28.8. The van der Waals surface area contributed by atoms with E-state index in [9.17, 15) is 14.7 Å². The van der Waals surface area contributed by atoms with Gasteiger partial charge in [0, 0.05) is 29.1 Å². The summed E-state index contributed by atoms with van der Waals surface area (Å²) in [5.74, 6) is -1.41. The number of aromatic carboxylic acids is 1. The Bertz CT molecular complexity index is 1230.